The molecule has 0 aromatic carbocycles. The van der Waals surface area contributed by atoms with Crippen LogP contribution in [0.1, 0.15) is 27.2 Å². The average molecular weight is 317 g/mol. The van der Waals surface area contributed by atoms with Gasteiger partial charge in [0, 0.05) is 25.6 Å². The van der Waals surface area contributed by atoms with E-state index in [1.54, 1.807) is 0 Å². The summed E-state index contributed by atoms with van der Waals surface area (Å²) in [6, 6.07) is 0. The van der Waals surface area contributed by atoms with Gasteiger partial charge in [-0.2, -0.15) is 0 Å². The van der Waals surface area contributed by atoms with Crippen LogP contribution in [0.4, 0.5) is 0 Å². The third-order valence-corrected chi connectivity index (χ3v) is 4.77. The minimum Gasteiger partial charge on any atom is -0.459 e. The van der Waals surface area contributed by atoms with Gasteiger partial charge in [-0.05, 0) is 20.3 Å². The van der Waals surface area contributed by atoms with Gasteiger partial charge in [0.25, 0.3) is 11.8 Å². The summed E-state index contributed by atoms with van der Waals surface area (Å²) in [5, 5.41) is 0. The van der Waals surface area contributed by atoms with E-state index in [0.29, 0.717) is 0 Å². The number of carbonyl (C=O) groups excluding carboxylic acids is 3. The molecule has 0 bridgehead atoms. The fraction of sp³-hybridized carbons (Fsp3) is 0.615. The molecule has 0 radical (unpaired) electrons. The lowest BCUT2D eigenvalue weighted by Crippen LogP contribution is -2.37. The Morgan fingerprint density at radius 3 is 2.24 bits per heavy atom. The third-order valence-electron chi connectivity index (χ3n) is 2.73. The zero-order chi connectivity index (χ0) is 16.3. The van der Waals surface area contributed by atoms with Crippen LogP contribution >= 0.6 is 0 Å². The molecule has 0 spiro atoms. The summed E-state index contributed by atoms with van der Waals surface area (Å²) in [5.74, 6) is -1.90. The Kier molecular flexibility index (Phi) is 5.27. The van der Waals surface area contributed by atoms with Crippen molar-refractivity contribution in [3.8, 4) is 0 Å². The maximum Gasteiger partial charge on any atom is 0.303 e. The Morgan fingerprint density at radius 2 is 1.76 bits per heavy atom. The fourth-order valence-electron chi connectivity index (χ4n) is 2.11. The van der Waals surface area contributed by atoms with Gasteiger partial charge in [0.2, 0.25) is 0 Å². The van der Waals surface area contributed by atoms with E-state index >= 15 is 0 Å². The summed E-state index contributed by atoms with van der Waals surface area (Å²) in [7, 11) is -3.46. The number of hydrogen-bond acceptors (Lipinski definition) is 6. The highest BCUT2D eigenvalue weighted by atomic mass is 32.2. The molecule has 0 fully saturated rings. The van der Waals surface area contributed by atoms with Crippen molar-refractivity contribution in [2.24, 2.45) is 0 Å². The number of esters is 1. The highest BCUT2D eigenvalue weighted by Gasteiger charge is 2.29. The monoisotopic (exact) mass is 317 g/mol. The normalized spacial score (nSPS) is 15.7. The van der Waals surface area contributed by atoms with E-state index in [4.69, 9.17) is 4.74 Å². The molecule has 0 N–H and O–H groups in total. The Hall–Kier alpha value is -1.70. The lowest BCUT2D eigenvalue weighted by atomic mass is 10.2. The molecule has 118 valence electrons. The maximum atomic E-state index is 12.0. The van der Waals surface area contributed by atoms with Gasteiger partial charge in [0.05, 0.1) is 11.5 Å². The number of carbonyl (C=O) groups is 3. The molecule has 0 aliphatic carbocycles. The van der Waals surface area contributed by atoms with E-state index in [0.717, 1.165) is 17.1 Å². The second-order valence-electron chi connectivity index (χ2n) is 5.46. The zero-order valence-electron chi connectivity index (χ0n) is 12.3. The number of rotatable bonds is 7. The Bertz CT molecular complexity index is 557. The van der Waals surface area contributed by atoms with Gasteiger partial charge in [-0.15, -0.1) is 0 Å². The third kappa shape index (κ3) is 5.66. The predicted molar refractivity (Wildman–Crippen MR) is 75.0 cm³/mol. The Labute approximate surface area is 123 Å². The summed E-state index contributed by atoms with van der Waals surface area (Å²) in [6.07, 6.45) is 2.46. The minimum atomic E-state index is -3.46. The average Bonchev–Trinajstić information content (AvgIpc) is 2.56. The summed E-state index contributed by atoms with van der Waals surface area (Å²) >= 11 is 0. The SMILES string of the molecule is CC(=O)OC(C)(C)CS(=O)(=O)CCCN1C(=O)C=CC1=O. The van der Waals surface area contributed by atoms with Gasteiger partial charge in [0.1, 0.15) is 5.60 Å². The van der Waals surface area contributed by atoms with Crippen LogP contribution in [0.2, 0.25) is 0 Å². The smallest absolute Gasteiger partial charge is 0.303 e. The molecule has 8 heteroatoms. The highest BCUT2D eigenvalue weighted by molar-refractivity contribution is 7.91. The van der Waals surface area contributed by atoms with Crippen LogP contribution in [-0.2, 0) is 29.0 Å². The lowest BCUT2D eigenvalue weighted by Gasteiger charge is -2.24. The standard InChI is InChI=1S/C13H19NO6S/c1-10(15)20-13(2,3)9-21(18,19)8-4-7-14-11(16)5-6-12(14)17/h5-6H,4,7-9H2,1-3H3. The zero-order valence-corrected chi connectivity index (χ0v) is 13.1. The van der Waals surface area contributed by atoms with E-state index in [-0.39, 0.29) is 24.5 Å². The molecule has 21 heavy (non-hydrogen) atoms. The van der Waals surface area contributed by atoms with Gasteiger partial charge >= 0.3 is 5.97 Å². The number of ether oxygens (including phenoxy) is 1. The predicted octanol–water partition coefficient (Wildman–Crippen LogP) is 0.0580. The van der Waals surface area contributed by atoms with Crippen molar-refractivity contribution in [1.82, 2.24) is 4.90 Å². The number of amides is 2. The molecule has 0 saturated heterocycles. The van der Waals surface area contributed by atoms with Crippen LogP contribution in [0.15, 0.2) is 12.2 Å². The number of sulfone groups is 1. The first-order valence-electron chi connectivity index (χ1n) is 6.46. The quantitative estimate of drug-likeness (QED) is 0.486. The van der Waals surface area contributed by atoms with E-state index in [9.17, 15) is 22.8 Å². The molecule has 7 nitrogen and oxygen atoms in total. The second-order valence-corrected chi connectivity index (χ2v) is 7.64. The van der Waals surface area contributed by atoms with Crippen molar-refractivity contribution < 1.29 is 27.5 Å². The van der Waals surface area contributed by atoms with Crippen LogP contribution in [-0.4, -0.2) is 54.8 Å². The van der Waals surface area contributed by atoms with Gasteiger partial charge in [-0.25, -0.2) is 8.42 Å². The molecular formula is C13H19NO6S. The first kappa shape index (κ1) is 17.4. The molecule has 1 aliphatic rings. The van der Waals surface area contributed by atoms with E-state index < -0.39 is 33.2 Å². The summed E-state index contributed by atoms with van der Waals surface area (Å²) in [6.45, 7) is 4.30. The first-order valence-corrected chi connectivity index (χ1v) is 8.28. The van der Waals surface area contributed by atoms with Crippen molar-refractivity contribution in [2.45, 2.75) is 32.8 Å². The van der Waals surface area contributed by atoms with Crippen LogP contribution in [0.5, 0.6) is 0 Å². The molecule has 1 rings (SSSR count). The minimum absolute atomic E-state index is 0.0535. The van der Waals surface area contributed by atoms with E-state index in [2.05, 4.69) is 0 Å². The summed E-state index contributed by atoms with van der Waals surface area (Å²) in [4.78, 5) is 34.5. The number of imide groups is 1. The largest absolute Gasteiger partial charge is 0.459 e. The summed E-state index contributed by atoms with van der Waals surface area (Å²) in [5.41, 5.74) is -1.11. The number of nitrogens with zero attached hydrogens (tertiary/aromatic N) is 1. The van der Waals surface area contributed by atoms with Gasteiger partial charge in [-0.3, -0.25) is 19.3 Å². The second kappa shape index (κ2) is 6.38. The Balaban J connectivity index is 2.48. The lowest BCUT2D eigenvalue weighted by molar-refractivity contribution is -0.151. The molecule has 0 aromatic heterocycles. The highest BCUT2D eigenvalue weighted by Crippen LogP contribution is 2.14. The molecule has 0 saturated carbocycles. The van der Waals surface area contributed by atoms with Crippen molar-refractivity contribution in [1.29, 1.82) is 0 Å². The number of hydrogen-bond donors (Lipinski definition) is 0. The van der Waals surface area contributed by atoms with Gasteiger partial charge < -0.3 is 4.74 Å². The van der Waals surface area contributed by atoms with Crippen molar-refractivity contribution >= 4 is 27.6 Å². The van der Waals surface area contributed by atoms with Crippen LogP contribution in [0.25, 0.3) is 0 Å². The topological polar surface area (TPSA) is 97.8 Å². The first-order chi connectivity index (χ1) is 9.52. The Morgan fingerprint density at radius 1 is 1.24 bits per heavy atom. The van der Waals surface area contributed by atoms with Crippen LogP contribution in [0, 0.1) is 0 Å². The van der Waals surface area contributed by atoms with Crippen molar-refractivity contribution in [3.05, 3.63) is 12.2 Å². The van der Waals surface area contributed by atoms with Crippen LogP contribution < -0.4 is 0 Å². The molecule has 0 aromatic rings. The molecule has 1 heterocycles. The van der Waals surface area contributed by atoms with Crippen molar-refractivity contribution in [3.63, 3.8) is 0 Å². The summed E-state index contributed by atoms with van der Waals surface area (Å²) < 4.78 is 28.9. The molecular weight excluding hydrogens is 298 g/mol. The van der Waals surface area contributed by atoms with Gasteiger partial charge in [-0.1, -0.05) is 0 Å². The molecule has 0 unspecified atom stereocenters. The van der Waals surface area contributed by atoms with Crippen molar-refractivity contribution in [2.75, 3.05) is 18.1 Å². The molecule has 1 aliphatic heterocycles. The van der Waals surface area contributed by atoms with Gasteiger partial charge in [0.15, 0.2) is 9.84 Å². The molecule has 0 atom stereocenters. The van der Waals surface area contributed by atoms with E-state index in [1.165, 1.54) is 20.8 Å². The fourth-order valence-corrected chi connectivity index (χ4v) is 3.95. The molecule has 2 amide bonds. The van der Waals surface area contributed by atoms with Crippen LogP contribution in [0.3, 0.4) is 0 Å². The maximum absolute atomic E-state index is 12.0. The van der Waals surface area contributed by atoms with E-state index in [1.807, 2.05) is 0 Å².